The smallest absolute Gasteiger partial charge is 0.328 e. The molecule has 172 valence electrons. The predicted octanol–water partition coefficient (Wildman–Crippen LogP) is 2.10. The number of piperidine rings is 1. The molecular formula is C21H37NO7Si. The zero-order valence-electron chi connectivity index (χ0n) is 19.1. The van der Waals surface area contributed by atoms with Gasteiger partial charge in [-0.25, -0.2) is 4.79 Å². The van der Waals surface area contributed by atoms with Crippen molar-refractivity contribution < 1.29 is 33.4 Å². The largest absolute Gasteiger partial charge is 0.467 e. The molecule has 2 rings (SSSR count). The van der Waals surface area contributed by atoms with Crippen LogP contribution in [-0.4, -0.2) is 74.2 Å². The SMILES string of the molecule is COC(=O)[C@@H]1CCCCN1C(=O)C(=O)[C@]1(O[Si](C)(C)C)O[C@H]([C@@H](C)CO)CC[C@H]1C. The van der Waals surface area contributed by atoms with Gasteiger partial charge in [-0.15, -0.1) is 0 Å². The summed E-state index contributed by atoms with van der Waals surface area (Å²) in [5.74, 6) is -4.26. The third kappa shape index (κ3) is 5.30. The first kappa shape index (κ1) is 25.0. The number of amides is 1. The van der Waals surface area contributed by atoms with E-state index in [1.54, 1.807) is 0 Å². The van der Waals surface area contributed by atoms with Gasteiger partial charge in [0.15, 0.2) is 8.32 Å². The lowest BCUT2D eigenvalue weighted by Crippen LogP contribution is -2.64. The summed E-state index contributed by atoms with van der Waals surface area (Å²) in [5, 5.41) is 9.61. The molecule has 2 saturated heterocycles. The van der Waals surface area contributed by atoms with Crippen molar-refractivity contribution in [1.82, 2.24) is 4.90 Å². The quantitative estimate of drug-likeness (QED) is 0.365. The molecule has 1 amide bonds. The minimum atomic E-state index is -2.31. The monoisotopic (exact) mass is 443 g/mol. The maximum absolute atomic E-state index is 13.7. The number of methoxy groups -OCH3 is 1. The number of ether oxygens (including phenoxy) is 2. The van der Waals surface area contributed by atoms with Gasteiger partial charge in [0.05, 0.1) is 13.2 Å². The van der Waals surface area contributed by atoms with Crippen LogP contribution in [0.15, 0.2) is 0 Å². The van der Waals surface area contributed by atoms with Gasteiger partial charge in [-0.3, -0.25) is 9.59 Å². The van der Waals surface area contributed by atoms with Crippen molar-refractivity contribution in [2.75, 3.05) is 20.3 Å². The van der Waals surface area contributed by atoms with Gasteiger partial charge in [0.25, 0.3) is 11.7 Å². The molecule has 0 spiro atoms. The Hall–Kier alpha value is -1.29. The fraction of sp³-hybridized carbons (Fsp3) is 0.857. The van der Waals surface area contributed by atoms with Gasteiger partial charge in [0, 0.05) is 25.0 Å². The number of likely N-dealkylation sites (tertiary alicyclic amines) is 1. The minimum Gasteiger partial charge on any atom is -0.467 e. The molecule has 8 nitrogen and oxygen atoms in total. The maximum Gasteiger partial charge on any atom is 0.328 e. The molecule has 0 aromatic rings. The zero-order valence-corrected chi connectivity index (χ0v) is 20.1. The first-order valence-electron chi connectivity index (χ1n) is 10.9. The number of esters is 1. The molecule has 30 heavy (non-hydrogen) atoms. The standard InChI is InChI=1S/C21H37NO7Si/c1-14(13-23)17-11-10-15(2)21(28-17,29-30(4,5)6)18(24)19(25)22-12-8-7-9-16(22)20(26)27-3/h14-17,23H,7-13H2,1-6H3/t14-,15+,16-,17-,21-/m0/s1. The number of nitrogens with zero attached hydrogens (tertiary/aromatic N) is 1. The van der Waals surface area contributed by atoms with Crippen molar-refractivity contribution in [2.24, 2.45) is 11.8 Å². The van der Waals surface area contributed by atoms with Crippen molar-refractivity contribution in [3.8, 4) is 0 Å². The Morgan fingerprint density at radius 3 is 2.43 bits per heavy atom. The summed E-state index contributed by atoms with van der Waals surface area (Å²) in [6, 6.07) is -0.768. The second kappa shape index (κ2) is 9.89. The van der Waals surface area contributed by atoms with Crippen molar-refractivity contribution in [3.05, 3.63) is 0 Å². The van der Waals surface area contributed by atoms with Crippen molar-refractivity contribution >= 4 is 26.0 Å². The van der Waals surface area contributed by atoms with Crippen LogP contribution in [0.5, 0.6) is 0 Å². The number of aliphatic hydroxyl groups excluding tert-OH is 1. The van der Waals surface area contributed by atoms with Gasteiger partial charge in [-0.05, 0) is 51.7 Å². The van der Waals surface area contributed by atoms with Crippen LogP contribution < -0.4 is 0 Å². The lowest BCUT2D eigenvalue weighted by atomic mass is 9.84. The van der Waals surface area contributed by atoms with E-state index in [-0.39, 0.29) is 18.4 Å². The third-order valence-corrected chi connectivity index (χ3v) is 6.90. The first-order valence-corrected chi connectivity index (χ1v) is 14.3. The van der Waals surface area contributed by atoms with Gasteiger partial charge in [0.1, 0.15) is 6.04 Å². The number of aliphatic hydroxyl groups is 1. The van der Waals surface area contributed by atoms with Gasteiger partial charge in [0.2, 0.25) is 5.79 Å². The summed E-state index contributed by atoms with van der Waals surface area (Å²) in [5.41, 5.74) is 0. The topological polar surface area (TPSA) is 102 Å². The lowest BCUT2D eigenvalue weighted by molar-refractivity contribution is -0.262. The van der Waals surface area contributed by atoms with Crippen LogP contribution in [0.3, 0.4) is 0 Å². The Labute approximate surface area is 180 Å². The van der Waals surface area contributed by atoms with Gasteiger partial charge >= 0.3 is 5.97 Å². The molecule has 0 aromatic heterocycles. The van der Waals surface area contributed by atoms with Crippen molar-refractivity contribution in [1.29, 1.82) is 0 Å². The molecule has 9 heteroatoms. The molecular weight excluding hydrogens is 406 g/mol. The molecule has 0 bridgehead atoms. The highest BCUT2D eigenvalue weighted by Crippen LogP contribution is 2.40. The van der Waals surface area contributed by atoms with E-state index in [9.17, 15) is 19.5 Å². The highest BCUT2D eigenvalue weighted by atomic mass is 28.4. The van der Waals surface area contributed by atoms with Crippen LogP contribution in [0.4, 0.5) is 0 Å². The van der Waals surface area contributed by atoms with E-state index in [4.69, 9.17) is 13.9 Å². The summed E-state index contributed by atoms with van der Waals surface area (Å²) in [6.45, 7) is 9.78. The van der Waals surface area contributed by atoms with E-state index in [1.807, 2.05) is 33.5 Å². The Morgan fingerprint density at radius 1 is 1.20 bits per heavy atom. The van der Waals surface area contributed by atoms with Crippen LogP contribution in [0.1, 0.15) is 46.0 Å². The number of hydrogen-bond acceptors (Lipinski definition) is 7. The maximum atomic E-state index is 13.7. The van der Waals surface area contributed by atoms with Crippen LogP contribution in [-0.2, 0) is 28.3 Å². The lowest BCUT2D eigenvalue weighted by Gasteiger charge is -2.48. The fourth-order valence-electron chi connectivity index (χ4n) is 4.26. The van der Waals surface area contributed by atoms with E-state index in [0.717, 1.165) is 12.8 Å². The number of rotatable bonds is 7. The van der Waals surface area contributed by atoms with Gasteiger partial charge in [-0.1, -0.05) is 13.8 Å². The van der Waals surface area contributed by atoms with Crippen LogP contribution in [0.2, 0.25) is 19.6 Å². The summed E-state index contributed by atoms with van der Waals surface area (Å²) >= 11 is 0. The number of hydrogen-bond donors (Lipinski definition) is 1. The zero-order chi connectivity index (χ0) is 22.7. The van der Waals surface area contributed by atoms with Gasteiger partial charge < -0.3 is 23.9 Å². The predicted molar refractivity (Wildman–Crippen MR) is 113 cm³/mol. The molecule has 2 heterocycles. The molecule has 5 atom stereocenters. The normalized spacial score (nSPS) is 31.2. The Bertz CT molecular complexity index is 650. The van der Waals surface area contributed by atoms with E-state index < -0.39 is 43.9 Å². The summed E-state index contributed by atoms with van der Waals surface area (Å²) in [6.07, 6.45) is 2.90. The Balaban J connectivity index is 2.41. The van der Waals surface area contributed by atoms with Crippen molar-refractivity contribution in [3.63, 3.8) is 0 Å². The molecule has 0 aromatic carbocycles. The molecule has 0 unspecified atom stereocenters. The number of ketones is 1. The second-order valence-corrected chi connectivity index (χ2v) is 14.0. The molecule has 0 radical (unpaired) electrons. The highest BCUT2D eigenvalue weighted by Gasteiger charge is 2.56. The molecule has 2 fully saturated rings. The number of Topliss-reactive ketones (excluding diaryl/α,β-unsaturated/α-hetero) is 1. The number of carbonyl (C=O) groups is 3. The molecule has 2 aliphatic rings. The van der Waals surface area contributed by atoms with Gasteiger partial charge in [-0.2, -0.15) is 0 Å². The molecule has 0 aliphatic carbocycles. The third-order valence-electron chi connectivity index (χ3n) is 5.99. The fourth-order valence-corrected chi connectivity index (χ4v) is 5.51. The van der Waals surface area contributed by atoms with Crippen molar-refractivity contribution in [2.45, 2.75) is 83.5 Å². The summed E-state index contributed by atoms with van der Waals surface area (Å²) in [7, 11) is -1.03. The molecule has 1 N–H and O–H groups in total. The summed E-state index contributed by atoms with van der Waals surface area (Å²) < 4.78 is 17.4. The second-order valence-electron chi connectivity index (χ2n) is 9.54. The summed E-state index contributed by atoms with van der Waals surface area (Å²) in [4.78, 5) is 40.6. The minimum absolute atomic E-state index is 0.0826. The van der Waals surface area contributed by atoms with E-state index in [2.05, 4.69) is 0 Å². The van der Waals surface area contributed by atoms with Crippen LogP contribution in [0, 0.1) is 11.8 Å². The Morgan fingerprint density at radius 2 is 1.87 bits per heavy atom. The average Bonchev–Trinajstić information content (AvgIpc) is 2.72. The Kier molecular flexibility index (Phi) is 8.23. The van der Waals surface area contributed by atoms with E-state index in [0.29, 0.717) is 25.8 Å². The average molecular weight is 444 g/mol. The molecule has 2 aliphatic heterocycles. The van der Waals surface area contributed by atoms with Crippen LogP contribution in [0.25, 0.3) is 0 Å². The highest BCUT2D eigenvalue weighted by molar-refractivity contribution is 6.70. The molecule has 0 saturated carbocycles. The number of carbonyl (C=O) groups excluding carboxylic acids is 3. The van der Waals surface area contributed by atoms with E-state index >= 15 is 0 Å². The van der Waals surface area contributed by atoms with E-state index in [1.165, 1.54) is 12.0 Å². The first-order chi connectivity index (χ1) is 14.0. The van der Waals surface area contributed by atoms with Crippen LogP contribution >= 0.6 is 0 Å².